The molecule has 4 nitrogen and oxygen atoms in total. The Morgan fingerprint density at radius 2 is 2.10 bits per heavy atom. The highest BCUT2D eigenvalue weighted by atomic mass is 16.5. The van der Waals surface area contributed by atoms with Crippen LogP contribution in [-0.4, -0.2) is 36.5 Å². The third kappa shape index (κ3) is 3.97. The van der Waals surface area contributed by atoms with Gasteiger partial charge in [-0.3, -0.25) is 4.79 Å². The fourth-order valence-electron chi connectivity index (χ4n) is 2.30. The molecule has 0 atom stereocenters. The standard InChI is InChI=1S/C16H24N2O2/c1-3-17-11-13-7-5-6-8-15(13)20-12-16(19)18(4-2)14-9-10-14/h5-8,14,17H,3-4,9-12H2,1-2H3. The summed E-state index contributed by atoms with van der Waals surface area (Å²) >= 11 is 0. The third-order valence-electron chi connectivity index (χ3n) is 3.54. The van der Waals surface area contributed by atoms with E-state index in [1.807, 2.05) is 36.1 Å². The molecule has 1 aromatic carbocycles. The molecule has 1 saturated carbocycles. The molecular formula is C16H24N2O2. The lowest BCUT2D eigenvalue weighted by molar-refractivity contribution is -0.133. The molecule has 110 valence electrons. The molecule has 1 aliphatic rings. The molecule has 0 aromatic heterocycles. The summed E-state index contributed by atoms with van der Waals surface area (Å²) in [6.07, 6.45) is 2.27. The topological polar surface area (TPSA) is 41.6 Å². The highest BCUT2D eigenvalue weighted by Crippen LogP contribution is 2.26. The first-order chi connectivity index (χ1) is 9.76. The summed E-state index contributed by atoms with van der Waals surface area (Å²) in [5, 5.41) is 3.28. The molecule has 0 saturated heterocycles. The summed E-state index contributed by atoms with van der Waals surface area (Å²) in [5.74, 6) is 0.891. The van der Waals surface area contributed by atoms with Crippen LogP contribution in [0.4, 0.5) is 0 Å². The molecule has 0 bridgehead atoms. The van der Waals surface area contributed by atoms with Gasteiger partial charge in [-0.2, -0.15) is 0 Å². The summed E-state index contributed by atoms with van der Waals surface area (Å²) in [6.45, 7) is 6.68. The van der Waals surface area contributed by atoms with Gasteiger partial charge in [0.1, 0.15) is 5.75 Å². The molecule has 2 rings (SSSR count). The quantitative estimate of drug-likeness (QED) is 0.791. The van der Waals surface area contributed by atoms with E-state index < -0.39 is 0 Å². The van der Waals surface area contributed by atoms with Crippen LogP contribution in [0.2, 0.25) is 0 Å². The Morgan fingerprint density at radius 3 is 2.75 bits per heavy atom. The maximum atomic E-state index is 12.1. The van der Waals surface area contributed by atoms with Crippen LogP contribution in [0.5, 0.6) is 5.75 Å². The molecule has 1 aliphatic carbocycles. The number of hydrogen-bond acceptors (Lipinski definition) is 3. The van der Waals surface area contributed by atoms with Gasteiger partial charge in [0.15, 0.2) is 6.61 Å². The Kier molecular flexibility index (Phi) is 5.41. The zero-order valence-electron chi connectivity index (χ0n) is 12.4. The summed E-state index contributed by atoms with van der Waals surface area (Å²) in [5.41, 5.74) is 1.09. The van der Waals surface area contributed by atoms with Crippen LogP contribution < -0.4 is 10.1 Å². The monoisotopic (exact) mass is 276 g/mol. The van der Waals surface area contributed by atoms with E-state index in [9.17, 15) is 4.79 Å². The van der Waals surface area contributed by atoms with Gasteiger partial charge < -0.3 is 15.0 Å². The van der Waals surface area contributed by atoms with Gasteiger partial charge >= 0.3 is 0 Å². The van der Waals surface area contributed by atoms with Crippen molar-refractivity contribution in [3.8, 4) is 5.75 Å². The lowest BCUT2D eigenvalue weighted by Gasteiger charge is -2.21. The number of para-hydroxylation sites is 1. The highest BCUT2D eigenvalue weighted by molar-refractivity contribution is 5.78. The second kappa shape index (κ2) is 7.29. The Balaban J connectivity index is 1.90. The predicted octanol–water partition coefficient (Wildman–Crippen LogP) is 2.19. The van der Waals surface area contributed by atoms with Gasteiger partial charge in [-0.1, -0.05) is 25.1 Å². The number of carbonyl (C=O) groups excluding carboxylic acids is 1. The van der Waals surface area contributed by atoms with Crippen LogP contribution in [0, 0.1) is 0 Å². The van der Waals surface area contributed by atoms with E-state index in [1.54, 1.807) is 0 Å². The van der Waals surface area contributed by atoms with Crippen molar-refractivity contribution in [2.75, 3.05) is 19.7 Å². The van der Waals surface area contributed by atoms with Crippen LogP contribution in [-0.2, 0) is 11.3 Å². The average molecular weight is 276 g/mol. The molecule has 0 radical (unpaired) electrons. The zero-order valence-corrected chi connectivity index (χ0v) is 12.4. The van der Waals surface area contributed by atoms with Crippen molar-refractivity contribution >= 4 is 5.91 Å². The summed E-state index contributed by atoms with van der Waals surface area (Å²) in [7, 11) is 0. The van der Waals surface area contributed by atoms with Gasteiger partial charge in [0, 0.05) is 24.7 Å². The molecule has 0 aliphatic heterocycles. The Labute approximate surface area is 121 Å². The van der Waals surface area contributed by atoms with Crippen molar-refractivity contribution in [3.05, 3.63) is 29.8 Å². The molecule has 0 spiro atoms. The van der Waals surface area contributed by atoms with Gasteiger partial charge in [0.2, 0.25) is 0 Å². The SMILES string of the molecule is CCNCc1ccccc1OCC(=O)N(CC)C1CC1. The second-order valence-corrected chi connectivity index (χ2v) is 5.09. The number of nitrogens with one attached hydrogen (secondary N) is 1. The number of benzene rings is 1. The zero-order chi connectivity index (χ0) is 14.4. The summed E-state index contributed by atoms with van der Waals surface area (Å²) in [6, 6.07) is 8.33. The smallest absolute Gasteiger partial charge is 0.260 e. The van der Waals surface area contributed by atoms with E-state index in [2.05, 4.69) is 12.2 Å². The van der Waals surface area contributed by atoms with Crippen LogP contribution >= 0.6 is 0 Å². The number of likely N-dealkylation sites (N-methyl/N-ethyl adjacent to an activating group) is 1. The fourth-order valence-corrected chi connectivity index (χ4v) is 2.30. The van der Waals surface area contributed by atoms with E-state index in [-0.39, 0.29) is 12.5 Å². The minimum absolute atomic E-state index is 0.0910. The maximum absolute atomic E-state index is 12.1. The number of rotatable bonds is 8. The maximum Gasteiger partial charge on any atom is 0.260 e. The van der Waals surface area contributed by atoms with E-state index in [1.165, 1.54) is 0 Å². The second-order valence-electron chi connectivity index (χ2n) is 5.09. The third-order valence-corrected chi connectivity index (χ3v) is 3.54. The van der Waals surface area contributed by atoms with Crippen LogP contribution in [0.25, 0.3) is 0 Å². The number of amides is 1. The van der Waals surface area contributed by atoms with Crippen LogP contribution in [0.3, 0.4) is 0 Å². The molecule has 1 N–H and O–H groups in total. The van der Waals surface area contributed by atoms with Gasteiger partial charge in [-0.05, 0) is 32.4 Å². The molecule has 0 heterocycles. The summed E-state index contributed by atoms with van der Waals surface area (Å²) in [4.78, 5) is 14.1. The Hall–Kier alpha value is -1.55. The van der Waals surface area contributed by atoms with Crippen molar-refractivity contribution < 1.29 is 9.53 Å². The molecule has 20 heavy (non-hydrogen) atoms. The number of carbonyl (C=O) groups is 1. The predicted molar refractivity (Wildman–Crippen MR) is 79.7 cm³/mol. The molecule has 4 heteroatoms. The average Bonchev–Trinajstić information content (AvgIpc) is 3.29. The first kappa shape index (κ1) is 14.9. The van der Waals surface area contributed by atoms with E-state index in [4.69, 9.17) is 4.74 Å². The van der Waals surface area contributed by atoms with Crippen molar-refractivity contribution in [3.63, 3.8) is 0 Å². The minimum atomic E-state index is 0.0910. The molecule has 1 fully saturated rings. The van der Waals surface area contributed by atoms with Gasteiger partial charge in [0.05, 0.1) is 0 Å². The normalized spacial score (nSPS) is 14.1. The molecule has 1 aromatic rings. The first-order valence-corrected chi connectivity index (χ1v) is 7.47. The Morgan fingerprint density at radius 1 is 1.35 bits per heavy atom. The van der Waals surface area contributed by atoms with E-state index in [0.29, 0.717) is 6.04 Å². The highest BCUT2D eigenvalue weighted by Gasteiger charge is 2.31. The van der Waals surface area contributed by atoms with Gasteiger partial charge in [0.25, 0.3) is 5.91 Å². The van der Waals surface area contributed by atoms with Crippen molar-refractivity contribution in [2.24, 2.45) is 0 Å². The lowest BCUT2D eigenvalue weighted by atomic mass is 10.2. The molecule has 0 unspecified atom stereocenters. The van der Waals surface area contributed by atoms with Crippen molar-refractivity contribution in [2.45, 2.75) is 39.3 Å². The molecular weight excluding hydrogens is 252 g/mol. The lowest BCUT2D eigenvalue weighted by Crippen LogP contribution is -2.36. The van der Waals surface area contributed by atoms with E-state index >= 15 is 0 Å². The van der Waals surface area contributed by atoms with Gasteiger partial charge in [-0.15, -0.1) is 0 Å². The first-order valence-electron chi connectivity index (χ1n) is 7.47. The molecule has 1 amide bonds. The Bertz CT molecular complexity index is 444. The number of hydrogen-bond donors (Lipinski definition) is 1. The van der Waals surface area contributed by atoms with Crippen LogP contribution in [0.15, 0.2) is 24.3 Å². The van der Waals surface area contributed by atoms with Crippen LogP contribution in [0.1, 0.15) is 32.3 Å². The van der Waals surface area contributed by atoms with E-state index in [0.717, 1.165) is 43.8 Å². The fraction of sp³-hybridized carbons (Fsp3) is 0.562. The van der Waals surface area contributed by atoms with Crippen molar-refractivity contribution in [1.82, 2.24) is 10.2 Å². The summed E-state index contributed by atoms with van der Waals surface area (Å²) < 4.78 is 5.73. The minimum Gasteiger partial charge on any atom is -0.483 e. The van der Waals surface area contributed by atoms with Gasteiger partial charge in [-0.25, -0.2) is 0 Å². The largest absolute Gasteiger partial charge is 0.483 e. The number of nitrogens with zero attached hydrogens (tertiary/aromatic N) is 1. The van der Waals surface area contributed by atoms with Crippen molar-refractivity contribution in [1.29, 1.82) is 0 Å². The number of ether oxygens (including phenoxy) is 1.